The van der Waals surface area contributed by atoms with Gasteiger partial charge in [-0.15, -0.1) is 0 Å². The zero-order valence-corrected chi connectivity index (χ0v) is 19.5. The Morgan fingerprint density at radius 1 is 1.15 bits per heavy atom. The molecule has 0 bridgehead atoms. The fourth-order valence-electron chi connectivity index (χ4n) is 4.01. The number of hydrogen-bond donors (Lipinski definition) is 3. The van der Waals surface area contributed by atoms with Crippen LogP contribution in [0.3, 0.4) is 0 Å². The van der Waals surface area contributed by atoms with Crippen LogP contribution in [0.4, 0.5) is 4.39 Å². The van der Waals surface area contributed by atoms with Crippen molar-refractivity contribution in [2.45, 2.75) is 33.7 Å². The van der Waals surface area contributed by atoms with Crippen LogP contribution in [-0.2, 0) is 9.59 Å². The molecule has 1 atom stereocenters. The quantitative estimate of drug-likeness (QED) is 0.644. The van der Waals surface area contributed by atoms with Gasteiger partial charge < -0.3 is 10.6 Å². The minimum absolute atomic E-state index is 0.122. The molecule has 1 fully saturated rings. The Labute approximate surface area is 193 Å². The molecule has 9 heteroatoms. The van der Waals surface area contributed by atoms with Gasteiger partial charge >= 0.3 is 0 Å². The Morgan fingerprint density at radius 3 is 2.42 bits per heavy atom. The highest BCUT2D eigenvalue weighted by molar-refractivity contribution is 6.02. The van der Waals surface area contributed by atoms with E-state index < -0.39 is 11.5 Å². The van der Waals surface area contributed by atoms with Crippen LogP contribution < -0.4 is 16.0 Å². The first-order chi connectivity index (χ1) is 15.6. The second kappa shape index (κ2) is 9.07. The molecule has 0 saturated carbocycles. The molecule has 1 amide bonds. The molecule has 1 aromatic rings. The van der Waals surface area contributed by atoms with Crippen LogP contribution in [0.15, 0.2) is 46.7 Å². The predicted octanol–water partition coefficient (Wildman–Crippen LogP) is 1.64. The van der Waals surface area contributed by atoms with Crippen molar-refractivity contribution >= 4 is 23.2 Å². The summed E-state index contributed by atoms with van der Waals surface area (Å²) in [5.74, 6) is 0.495. The summed E-state index contributed by atoms with van der Waals surface area (Å²) in [5.41, 5.74) is 1.94. The molecular weight excluding hydrogens is 423 g/mol. The highest BCUT2D eigenvalue weighted by atomic mass is 19.1. The van der Waals surface area contributed by atoms with Gasteiger partial charge in [-0.2, -0.15) is 0 Å². The summed E-state index contributed by atoms with van der Waals surface area (Å²) >= 11 is 0. The van der Waals surface area contributed by atoms with Gasteiger partial charge in [0.1, 0.15) is 17.7 Å². The molecule has 3 N–H and O–H groups in total. The minimum Gasteiger partial charge on any atom is -0.366 e. The zero-order valence-electron chi connectivity index (χ0n) is 19.5. The van der Waals surface area contributed by atoms with E-state index in [1.165, 1.54) is 19.1 Å². The number of hydrazine groups is 1. The summed E-state index contributed by atoms with van der Waals surface area (Å²) in [6, 6.07) is 5.56. The number of ketones is 1. The van der Waals surface area contributed by atoms with E-state index in [-0.39, 0.29) is 17.5 Å². The van der Waals surface area contributed by atoms with Gasteiger partial charge in [0.2, 0.25) is 11.9 Å². The van der Waals surface area contributed by atoms with E-state index in [4.69, 9.17) is 4.99 Å². The first-order valence-electron chi connectivity index (χ1n) is 11.2. The molecule has 0 radical (unpaired) electrons. The lowest BCUT2D eigenvalue weighted by molar-refractivity contribution is -0.127. The van der Waals surface area contributed by atoms with Crippen LogP contribution >= 0.6 is 0 Å². The van der Waals surface area contributed by atoms with E-state index in [1.807, 2.05) is 31.9 Å². The Balaban J connectivity index is 1.77. The molecule has 3 heterocycles. The van der Waals surface area contributed by atoms with Gasteiger partial charge in [-0.05, 0) is 36.3 Å². The number of halogens is 1. The van der Waals surface area contributed by atoms with Gasteiger partial charge in [-0.1, -0.05) is 32.9 Å². The standard InChI is InChI=1S/C24H31FN6O2/c1-15(32)20-19-13-17(16-5-7-18(25)8-6-16)14-27-21(19)31(30-11-9-26-10-12-30)23(28-20)29-22(33)24(2,3)4/h5-8,13,20,26-27H,9-12,14H2,1-4H3,(H,28,29,33). The van der Waals surface area contributed by atoms with Gasteiger partial charge in [0, 0.05) is 43.7 Å². The largest absolute Gasteiger partial charge is 0.366 e. The molecule has 8 nitrogen and oxygen atoms in total. The van der Waals surface area contributed by atoms with E-state index in [0.29, 0.717) is 12.5 Å². The van der Waals surface area contributed by atoms with E-state index in [1.54, 1.807) is 12.1 Å². The SMILES string of the molecule is CC(=O)C1N=C(NC(=O)C(C)(C)C)N(N2CCNCC2)C2=C1C=C(c1ccc(F)cc1)CN2. The fraction of sp³-hybridized carbons (Fsp3) is 0.458. The van der Waals surface area contributed by atoms with Crippen LogP contribution in [-0.4, -0.2) is 66.4 Å². The molecular formula is C24H31FN6O2. The first-order valence-corrected chi connectivity index (χ1v) is 11.2. The molecule has 3 aliphatic heterocycles. The van der Waals surface area contributed by atoms with Crippen molar-refractivity contribution in [2.75, 3.05) is 32.7 Å². The molecule has 1 saturated heterocycles. The Hall–Kier alpha value is -3.04. The van der Waals surface area contributed by atoms with Gasteiger partial charge in [0.25, 0.3) is 0 Å². The summed E-state index contributed by atoms with van der Waals surface area (Å²) in [5, 5.41) is 13.8. The number of dihydropyridines is 1. The average molecular weight is 455 g/mol. The molecule has 1 unspecified atom stereocenters. The van der Waals surface area contributed by atoms with Gasteiger partial charge in [-0.25, -0.2) is 19.4 Å². The normalized spacial score (nSPS) is 21.6. The van der Waals surface area contributed by atoms with E-state index in [2.05, 4.69) is 21.0 Å². The molecule has 3 aliphatic rings. The van der Waals surface area contributed by atoms with E-state index in [0.717, 1.165) is 48.7 Å². The van der Waals surface area contributed by atoms with Crippen molar-refractivity contribution in [3.63, 3.8) is 0 Å². The summed E-state index contributed by atoms with van der Waals surface area (Å²) in [6.07, 6.45) is 1.96. The summed E-state index contributed by atoms with van der Waals surface area (Å²) < 4.78 is 13.4. The van der Waals surface area contributed by atoms with Crippen LogP contribution in [0.25, 0.3) is 5.57 Å². The van der Waals surface area contributed by atoms with Crippen LogP contribution in [0.2, 0.25) is 0 Å². The highest BCUT2D eigenvalue weighted by Crippen LogP contribution is 2.31. The maximum Gasteiger partial charge on any atom is 0.232 e. The third-order valence-electron chi connectivity index (χ3n) is 5.89. The second-order valence-electron chi connectivity index (χ2n) is 9.52. The lowest BCUT2D eigenvalue weighted by Gasteiger charge is -2.45. The molecule has 0 spiro atoms. The highest BCUT2D eigenvalue weighted by Gasteiger charge is 2.38. The van der Waals surface area contributed by atoms with Crippen LogP contribution in [0.1, 0.15) is 33.3 Å². The smallest absolute Gasteiger partial charge is 0.232 e. The van der Waals surface area contributed by atoms with Crippen LogP contribution in [0.5, 0.6) is 0 Å². The number of carbonyl (C=O) groups is 2. The number of guanidine groups is 1. The number of rotatable bonds is 3. The maximum absolute atomic E-state index is 13.4. The molecule has 1 aromatic carbocycles. The van der Waals surface area contributed by atoms with Crippen molar-refractivity contribution in [3.05, 3.63) is 53.1 Å². The lowest BCUT2D eigenvalue weighted by atomic mass is 9.93. The Bertz CT molecular complexity index is 1030. The lowest BCUT2D eigenvalue weighted by Crippen LogP contribution is -2.62. The first kappa shape index (κ1) is 23.1. The van der Waals surface area contributed by atoms with Crippen molar-refractivity contribution in [2.24, 2.45) is 10.4 Å². The maximum atomic E-state index is 13.4. The minimum atomic E-state index is -0.752. The number of aliphatic imine (C=N–C) groups is 1. The van der Waals surface area contributed by atoms with Crippen LogP contribution in [0, 0.1) is 11.2 Å². The summed E-state index contributed by atoms with van der Waals surface area (Å²) in [7, 11) is 0. The second-order valence-corrected chi connectivity index (χ2v) is 9.52. The number of amides is 1. The monoisotopic (exact) mass is 454 g/mol. The number of benzene rings is 1. The molecule has 176 valence electrons. The van der Waals surface area contributed by atoms with Gasteiger partial charge in [0.05, 0.1) is 0 Å². The zero-order chi connectivity index (χ0) is 23.8. The van der Waals surface area contributed by atoms with Gasteiger partial charge in [0.15, 0.2) is 5.78 Å². The van der Waals surface area contributed by atoms with Crippen molar-refractivity contribution < 1.29 is 14.0 Å². The number of nitrogens with one attached hydrogen (secondary N) is 3. The Morgan fingerprint density at radius 2 is 1.82 bits per heavy atom. The van der Waals surface area contributed by atoms with Gasteiger partial charge in [-0.3, -0.25) is 14.9 Å². The third kappa shape index (κ3) is 4.84. The molecule has 4 rings (SSSR count). The Kier molecular flexibility index (Phi) is 6.36. The van der Waals surface area contributed by atoms with E-state index >= 15 is 0 Å². The topological polar surface area (TPSA) is 89.1 Å². The number of carbonyl (C=O) groups excluding carboxylic acids is 2. The van der Waals surface area contributed by atoms with E-state index in [9.17, 15) is 14.0 Å². The molecule has 33 heavy (non-hydrogen) atoms. The summed E-state index contributed by atoms with van der Waals surface area (Å²) in [4.78, 5) is 30.2. The molecule has 0 aliphatic carbocycles. The predicted molar refractivity (Wildman–Crippen MR) is 125 cm³/mol. The fourth-order valence-corrected chi connectivity index (χ4v) is 4.01. The number of nitrogens with zero attached hydrogens (tertiary/aromatic N) is 3. The number of piperazine rings is 1. The van der Waals surface area contributed by atoms with Crippen molar-refractivity contribution in [1.82, 2.24) is 26.0 Å². The number of hydrogen-bond acceptors (Lipinski definition) is 7. The summed E-state index contributed by atoms with van der Waals surface area (Å²) in [6.45, 7) is 10.6. The molecule has 0 aromatic heterocycles. The number of Topliss-reactive ketones (excluding diaryl/α,β-unsaturated/α-hetero) is 1. The third-order valence-corrected chi connectivity index (χ3v) is 5.89. The van der Waals surface area contributed by atoms with Crippen molar-refractivity contribution in [1.29, 1.82) is 0 Å². The van der Waals surface area contributed by atoms with Crippen molar-refractivity contribution in [3.8, 4) is 0 Å². The average Bonchev–Trinajstić information content (AvgIpc) is 2.78.